The van der Waals surface area contributed by atoms with Crippen LogP contribution in [0.15, 0.2) is 24.4 Å². The van der Waals surface area contributed by atoms with Crippen LogP contribution in [0.1, 0.15) is 52.3 Å². The van der Waals surface area contributed by atoms with Crippen LogP contribution in [0.3, 0.4) is 0 Å². The lowest BCUT2D eigenvalue weighted by Crippen LogP contribution is -2.52. The van der Waals surface area contributed by atoms with Crippen LogP contribution < -0.4 is 5.73 Å². The maximum atomic E-state index is 6.45. The minimum Gasteiger partial charge on any atom is -0.326 e. The van der Waals surface area contributed by atoms with Crippen molar-refractivity contribution in [2.24, 2.45) is 17.6 Å². The van der Waals surface area contributed by atoms with Crippen LogP contribution in [0.4, 0.5) is 0 Å². The highest BCUT2D eigenvalue weighted by atomic mass is 15.2. The molecular formula is C17H29N3. The van der Waals surface area contributed by atoms with E-state index < -0.39 is 0 Å². The van der Waals surface area contributed by atoms with E-state index in [4.69, 9.17) is 5.73 Å². The molecule has 112 valence electrons. The lowest BCUT2D eigenvalue weighted by molar-refractivity contribution is 0.0271. The normalized spacial score (nSPS) is 30.9. The van der Waals surface area contributed by atoms with Gasteiger partial charge >= 0.3 is 0 Å². The second-order valence-corrected chi connectivity index (χ2v) is 6.53. The molecule has 1 aliphatic heterocycles. The number of aromatic nitrogens is 1. The molecule has 2 N–H and O–H groups in total. The molecule has 0 aliphatic carbocycles. The smallest absolute Gasteiger partial charge is 0.0676 e. The van der Waals surface area contributed by atoms with E-state index in [1.165, 1.54) is 6.42 Å². The number of nitrogens with two attached hydrogens (primary N) is 1. The summed E-state index contributed by atoms with van der Waals surface area (Å²) >= 11 is 0. The topological polar surface area (TPSA) is 42.1 Å². The molecule has 1 aromatic rings. The number of piperidine rings is 1. The lowest BCUT2D eigenvalue weighted by atomic mass is 9.83. The Kier molecular flexibility index (Phi) is 5.17. The predicted octanol–water partition coefficient (Wildman–Crippen LogP) is 3.23. The van der Waals surface area contributed by atoms with Crippen LogP contribution in [0.25, 0.3) is 0 Å². The van der Waals surface area contributed by atoms with E-state index in [9.17, 15) is 0 Å². The quantitative estimate of drug-likeness (QED) is 0.917. The molecule has 0 saturated carbocycles. The predicted molar refractivity (Wildman–Crippen MR) is 84.4 cm³/mol. The molecule has 1 aromatic heterocycles. The summed E-state index contributed by atoms with van der Waals surface area (Å²) in [5, 5.41) is 0. The maximum absolute atomic E-state index is 6.45. The van der Waals surface area contributed by atoms with Gasteiger partial charge in [-0.3, -0.25) is 9.88 Å². The van der Waals surface area contributed by atoms with Crippen LogP contribution in [-0.4, -0.2) is 28.5 Å². The van der Waals surface area contributed by atoms with Crippen LogP contribution in [-0.2, 0) is 0 Å². The third-order valence-electron chi connectivity index (χ3n) is 4.87. The second-order valence-electron chi connectivity index (χ2n) is 6.53. The van der Waals surface area contributed by atoms with Crippen molar-refractivity contribution < 1.29 is 0 Å². The SMILES string of the molecule is CCC(N)C(c1ccccn1)N1CC(C)CC(C)C1C. The molecule has 5 unspecified atom stereocenters. The molecule has 1 fully saturated rings. The summed E-state index contributed by atoms with van der Waals surface area (Å²) in [5.41, 5.74) is 7.57. The number of rotatable bonds is 4. The van der Waals surface area contributed by atoms with Gasteiger partial charge in [0.15, 0.2) is 0 Å². The minimum atomic E-state index is 0.143. The van der Waals surface area contributed by atoms with Gasteiger partial charge in [-0.2, -0.15) is 0 Å². The summed E-state index contributed by atoms with van der Waals surface area (Å²) in [4.78, 5) is 7.18. The van der Waals surface area contributed by atoms with Gasteiger partial charge in [0.2, 0.25) is 0 Å². The fourth-order valence-corrected chi connectivity index (χ4v) is 3.54. The van der Waals surface area contributed by atoms with Crippen molar-refractivity contribution >= 4 is 0 Å². The van der Waals surface area contributed by atoms with Gasteiger partial charge in [-0.1, -0.05) is 26.8 Å². The molecule has 0 amide bonds. The van der Waals surface area contributed by atoms with Crippen LogP contribution in [0, 0.1) is 11.8 Å². The Bertz CT molecular complexity index is 406. The van der Waals surface area contributed by atoms with E-state index in [-0.39, 0.29) is 12.1 Å². The summed E-state index contributed by atoms with van der Waals surface area (Å²) in [5.74, 6) is 1.45. The number of pyridine rings is 1. The number of likely N-dealkylation sites (tertiary alicyclic amines) is 1. The van der Waals surface area contributed by atoms with Gasteiger partial charge in [0.25, 0.3) is 0 Å². The first-order chi connectivity index (χ1) is 9.54. The highest BCUT2D eigenvalue weighted by Gasteiger charge is 2.36. The van der Waals surface area contributed by atoms with Crippen LogP contribution >= 0.6 is 0 Å². The monoisotopic (exact) mass is 275 g/mol. The Morgan fingerprint density at radius 2 is 2.10 bits per heavy atom. The van der Waals surface area contributed by atoms with Crippen molar-refractivity contribution in [3.8, 4) is 0 Å². The largest absolute Gasteiger partial charge is 0.326 e. The molecule has 20 heavy (non-hydrogen) atoms. The lowest BCUT2D eigenvalue weighted by Gasteiger charge is -2.46. The molecule has 1 saturated heterocycles. The van der Waals surface area contributed by atoms with Gasteiger partial charge in [0.05, 0.1) is 11.7 Å². The Morgan fingerprint density at radius 3 is 2.70 bits per heavy atom. The maximum Gasteiger partial charge on any atom is 0.0676 e. The number of hydrogen-bond acceptors (Lipinski definition) is 3. The van der Waals surface area contributed by atoms with Gasteiger partial charge in [-0.15, -0.1) is 0 Å². The third kappa shape index (κ3) is 3.21. The van der Waals surface area contributed by atoms with Crippen molar-refractivity contribution in [2.45, 2.75) is 58.7 Å². The molecule has 3 heteroatoms. The van der Waals surface area contributed by atoms with Crippen molar-refractivity contribution in [1.82, 2.24) is 9.88 Å². The minimum absolute atomic E-state index is 0.143. The fraction of sp³-hybridized carbons (Fsp3) is 0.706. The van der Waals surface area contributed by atoms with Gasteiger partial charge in [0, 0.05) is 24.8 Å². The average molecular weight is 275 g/mol. The van der Waals surface area contributed by atoms with E-state index >= 15 is 0 Å². The van der Waals surface area contributed by atoms with Gasteiger partial charge in [-0.25, -0.2) is 0 Å². The van der Waals surface area contributed by atoms with Crippen molar-refractivity contribution in [2.75, 3.05) is 6.54 Å². The molecule has 0 aromatic carbocycles. The molecule has 0 radical (unpaired) electrons. The van der Waals surface area contributed by atoms with Crippen LogP contribution in [0.2, 0.25) is 0 Å². The first kappa shape index (κ1) is 15.5. The molecular weight excluding hydrogens is 246 g/mol. The van der Waals surface area contributed by atoms with E-state index in [0.29, 0.717) is 12.0 Å². The van der Waals surface area contributed by atoms with Gasteiger partial charge < -0.3 is 5.73 Å². The summed E-state index contributed by atoms with van der Waals surface area (Å²) in [6.45, 7) is 10.3. The molecule has 2 rings (SSSR count). The Hall–Kier alpha value is -0.930. The summed E-state index contributed by atoms with van der Waals surface area (Å²) < 4.78 is 0. The zero-order valence-corrected chi connectivity index (χ0v) is 13.3. The highest BCUT2D eigenvalue weighted by Crippen LogP contribution is 2.35. The van der Waals surface area contributed by atoms with E-state index in [1.807, 2.05) is 12.3 Å². The Balaban J connectivity index is 2.31. The van der Waals surface area contributed by atoms with Gasteiger partial charge in [-0.05, 0) is 43.7 Å². The average Bonchev–Trinajstić information content (AvgIpc) is 2.45. The van der Waals surface area contributed by atoms with Crippen LogP contribution in [0.5, 0.6) is 0 Å². The number of nitrogens with zero attached hydrogens (tertiary/aromatic N) is 2. The van der Waals surface area contributed by atoms with E-state index in [1.54, 1.807) is 0 Å². The summed E-state index contributed by atoms with van der Waals surface area (Å²) in [6.07, 6.45) is 4.17. The van der Waals surface area contributed by atoms with E-state index in [2.05, 4.69) is 49.7 Å². The molecule has 0 bridgehead atoms. The Morgan fingerprint density at radius 1 is 1.35 bits per heavy atom. The first-order valence-corrected chi connectivity index (χ1v) is 7.96. The van der Waals surface area contributed by atoms with Crippen molar-refractivity contribution in [3.05, 3.63) is 30.1 Å². The van der Waals surface area contributed by atoms with Gasteiger partial charge in [0.1, 0.15) is 0 Å². The van der Waals surface area contributed by atoms with E-state index in [0.717, 1.165) is 24.6 Å². The molecule has 1 aliphatic rings. The molecule has 2 heterocycles. The summed E-state index contributed by atoms with van der Waals surface area (Å²) in [7, 11) is 0. The summed E-state index contributed by atoms with van der Waals surface area (Å²) in [6, 6.07) is 7.11. The van der Waals surface area contributed by atoms with Crippen molar-refractivity contribution in [3.63, 3.8) is 0 Å². The molecule has 5 atom stereocenters. The third-order valence-corrected chi connectivity index (χ3v) is 4.87. The standard InChI is InChI=1S/C17H29N3/c1-5-15(18)17(16-8-6-7-9-19-16)20-11-12(2)10-13(3)14(20)4/h6-9,12-15,17H,5,10-11,18H2,1-4H3. The van der Waals surface area contributed by atoms with Crippen molar-refractivity contribution in [1.29, 1.82) is 0 Å². The first-order valence-electron chi connectivity index (χ1n) is 7.96. The Labute approximate surface area is 123 Å². The molecule has 0 spiro atoms. The fourth-order valence-electron chi connectivity index (χ4n) is 3.54. The zero-order chi connectivity index (χ0) is 14.7. The number of hydrogen-bond donors (Lipinski definition) is 1. The molecule has 3 nitrogen and oxygen atoms in total. The second kappa shape index (κ2) is 6.68. The highest BCUT2D eigenvalue weighted by molar-refractivity contribution is 5.12. The zero-order valence-electron chi connectivity index (χ0n) is 13.3.